The lowest BCUT2D eigenvalue weighted by Crippen LogP contribution is -2.47. The van der Waals surface area contributed by atoms with E-state index in [1.54, 1.807) is 11.5 Å². The minimum atomic E-state index is -0.283. The average Bonchev–Trinajstić information content (AvgIpc) is 3.08. The van der Waals surface area contributed by atoms with Crippen LogP contribution >= 0.6 is 11.5 Å². The Kier molecular flexibility index (Phi) is 4.43. The molecule has 6 heteroatoms. The summed E-state index contributed by atoms with van der Waals surface area (Å²) in [5, 5.41) is 1.28. The van der Waals surface area contributed by atoms with E-state index in [1.807, 2.05) is 11.9 Å². The highest BCUT2D eigenvalue weighted by atomic mass is 32.1. The van der Waals surface area contributed by atoms with Crippen molar-refractivity contribution in [3.05, 3.63) is 53.6 Å². The standard InChI is InChI=1S/C26H30N4OS/c1-25(2)17-26(25)20-16-18(8-9-21(20)28(3)24(26)31)10-11-29-12-14-30(15-13-29)23-19-6-4-5-7-22(19)32-27-23/h4-9,16H,10-15,17H2,1-3H3. The third-order valence-corrected chi connectivity index (χ3v) is 8.85. The van der Waals surface area contributed by atoms with E-state index in [4.69, 9.17) is 4.37 Å². The molecule has 2 aliphatic heterocycles. The molecule has 1 amide bonds. The van der Waals surface area contributed by atoms with E-state index < -0.39 is 0 Å². The summed E-state index contributed by atoms with van der Waals surface area (Å²) in [6.45, 7) is 9.69. The van der Waals surface area contributed by atoms with Crippen LogP contribution in [0.4, 0.5) is 11.5 Å². The number of rotatable bonds is 4. The predicted octanol–water partition coefficient (Wildman–Crippen LogP) is 4.31. The zero-order chi connectivity index (χ0) is 22.1. The smallest absolute Gasteiger partial charge is 0.238 e. The molecular weight excluding hydrogens is 416 g/mol. The lowest BCUT2D eigenvalue weighted by Gasteiger charge is -2.35. The molecule has 6 rings (SSSR count). The second-order valence-corrected chi connectivity index (χ2v) is 11.1. The molecular formula is C26H30N4OS. The average molecular weight is 447 g/mol. The first-order valence-electron chi connectivity index (χ1n) is 11.6. The minimum Gasteiger partial charge on any atom is -0.353 e. The zero-order valence-electron chi connectivity index (χ0n) is 19.1. The van der Waals surface area contributed by atoms with Crippen LogP contribution in [-0.2, 0) is 16.6 Å². The summed E-state index contributed by atoms with van der Waals surface area (Å²) in [6.07, 6.45) is 1.99. The van der Waals surface area contributed by atoms with E-state index >= 15 is 0 Å². The second-order valence-electron chi connectivity index (χ2n) is 10.3. The van der Waals surface area contributed by atoms with E-state index in [9.17, 15) is 4.79 Å². The van der Waals surface area contributed by atoms with Gasteiger partial charge in [-0.1, -0.05) is 38.1 Å². The molecule has 2 fully saturated rings. The first-order chi connectivity index (χ1) is 15.4. The third-order valence-electron chi connectivity index (χ3n) is 8.04. The van der Waals surface area contributed by atoms with Crippen LogP contribution in [0.1, 0.15) is 31.4 Å². The molecule has 1 saturated heterocycles. The van der Waals surface area contributed by atoms with Crippen LogP contribution in [0.15, 0.2) is 42.5 Å². The minimum absolute atomic E-state index is 0.0679. The number of hydrogen-bond donors (Lipinski definition) is 0. The van der Waals surface area contributed by atoms with Crippen LogP contribution in [0, 0.1) is 5.41 Å². The number of amides is 1. The molecule has 1 aliphatic carbocycles. The first-order valence-corrected chi connectivity index (χ1v) is 12.4. The number of likely N-dealkylation sites (N-methyl/N-ethyl adjacent to an activating group) is 1. The molecule has 3 heterocycles. The van der Waals surface area contributed by atoms with Gasteiger partial charge in [0.15, 0.2) is 0 Å². The van der Waals surface area contributed by atoms with Crippen molar-refractivity contribution in [2.75, 3.05) is 49.6 Å². The van der Waals surface area contributed by atoms with Crippen molar-refractivity contribution in [3.8, 4) is 0 Å². The highest BCUT2D eigenvalue weighted by Gasteiger charge is 2.71. The SMILES string of the molecule is CN1C(=O)C2(CC2(C)C)c2cc(CCN3CCN(c4nsc5ccccc45)CC3)ccc21. The largest absolute Gasteiger partial charge is 0.353 e. The van der Waals surface area contributed by atoms with Gasteiger partial charge in [-0.25, -0.2) is 0 Å². The quantitative estimate of drug-likeness (QED) is 0.599. The molecule has 1 spiro atoms. The fourth-order valence-electron chi connectivity index (χ4n) is 5.90. The van der Waals surface area contributed by atoms with Crippen molar-refractivity contribution in [3.63, 3.8) is 0 Å². The number of piperazine rings is 1. The number of carbonyl (C=O) groups is 1. The Morgan fingerprint density at radius 3 is 2.56 bits per heavy atom. The highest BCUT2D eigenvalue weighted by molar-refractivity contribution is 7.13. The number of nitrogens with zero attached hydrogens (tertiary/aromatic N) is 4. The zero-order valence-corrected chi connectivity index (χ0v) is 19.9. The summed E-state index contributed by atoms with van der Waals surface area (Å²) >= 11 is 1.60. The molecule has 3 aliphatic rings. The summed E-state index contributed by atoms with van der Waals surface area (Å²) in [4.78, 5) is 19.9. The van der Waals surface area contributed by atoms with Crippen molar-refractivity contribution in [2.45, 2.75) is 32.1 Å². The summed E-state index contributed by atoms with van der Waals surface area (Å²) in [5.74, 6) is 1.43. The number of hydrogen-bond acceptors (Lipinski definition) is 5. The van der Waals surface area contributed by atoms with Crippen molar-refractivity contribution in [1.29, 1.82) is 0 Å². The lowest BCUT2D eigenvalue weighted by atomic mass is 9.88. The molecule has 5 nitrogen and oxygen atoms in total. The molecule has 1 atom stereocenters. The van der Waals surface area contributed by atoms with E-state index in [0.29, 0.717) is 0 Å². The van der Waals surface area contributed by atoms with Gasteiger partial charge in [0.05, 0.1) is 10.1 Å². The van der Waals surface area contributed by atoms with Gasteiger partial charge < -0.3 is 9.80 Å². The Morgan fingerprint density at radius 2 is 1.81 bits per heavy atom. The summed E-state index contributed by atoms with van der Waals surface area (Å²) in [7, 11) is 1.93. The third kappa shape index (κ3) is 2.85. The Hall–Kier alpha value is -2.44. The van der Waals surface area contributed by atoms with Crippen LogP contribution in [-0.4, -0.2) is 55.0 Å². The van der Waals surface area contributed by atoms with Crippen molar-refractivity contribution in [1.82, 2.24) is 9.27 Å². The Labute approximate surface area is 193 Å². The molecule has 1 unspecified atom stereocenters. The predicted molar refractivity (Wildman–Crippen MR) is 132 cm³/mol. The van der Waals surface area contributed by atoms with Gasteiger partial charge >= 0.3 is 0 Å². The maximum absolute atomic E-state index is 13.0. The van der Waals surface area contributed by atoms with Gasteiger partial charge in [0.25, 0.3) is 0 Å². The molecule has 1 saturated carbocycles. The van der Waals surface area contributed by atoms with Crippen LogP contribution in [0.2, 0.25) is 0 Å². The first kappa shape index (κ1) is 20.2. The van der Waals surface area contributed by atoms with Crippen LogP contribution in [0.25, 0.3) is 10.1 Å². The van der Waals surface area contributed by atoms with Crippen LogP contribution < -0.4 is 9.80 Å². The van der Waals surface area contributed by atoms with Gasteiger partial charge in [0.1, 0.15) is 5.82 Å². The van der Waals surface area contributed by atoms with Gasteiger partial charge in [-0.15, -0.1) is 0 Å². The van der Waals surface area contributed by atoms with Crippen molar-refractivity contribution >= 4 is 39.0 Å². The van der Waals surface area contributed by atoms with Gasteiger partial charge in [-0.2, -0.15) is 4.37 Å². The fourth-order valence-corrected chi connectivity index (χ4v) is 6.69. The summed E-state index contributed by atoms with van der Waals surface area (Å²) in [5.41, 5.74) is 3.50. The molecule has 3 aromatic rings. The monoisotopic (exact) mass is 446 g/mol. The number of anilines is 2. The molecule has 0 bridgehead atoms. The maximum atomic E-state index is 13.0. The van der Waals surface area contributed by atoms with Gasteiger partial charge in [-0.3, -0.25) is 9.69 Å². The van der Waals surface area contributed by atoms with Gasteiger partial charge in [-0.05, 0) is 59.1 Å². The Morgan fingerprint density at radius 1 is 1.06 bits per heavy atom. The molecule has 166 valence electrons. The molecule has 32 heavy (non-hydrogen) atoms. The molecule has 1 aromatic heterocycles. The summed E-state index contributed by atoms with van der Waals surface area (Å²) < 4.78 is 6.00. The fraction of sp³-hybridized carbons (Fsp3) is 0.462. The number of aromatic nitrogens is 1. The van der Waals surface area contributed by atoms with Crippen LogP contribution in [0.5, 0.6) is 0 Å². The normalized spacial score (nSPS) is 24.5. The second kappa shape index (κ2) is 7.03. The molecule has 0 radical (unpaired) electrons. The van der Waals surface area contributed by atoms with Crippen molar-refractivity contribution in [2.24, 2.45) is 5.41 Å². The molecule has 2 aromatic carbocycles. The number of carbonyl (C=O) groups excluding carboxylic acids is 1. The van der Waals surface area contributed by atoms with Gasteiger partial charge in [0.2, 0.25) is 5.91 Å². The topological polar surface area (TPSA) is 39.7 Å². The maximum Gasteiger partial charge on any atom is 0.238 e. The lowest BCUT2D eigenvalue weighted by molar-refractivity contribution is -0.120. The van der Waals surface area contributed by atoms with E-state index in [0.717, 1.165) is 57.1 Å². The van der Waals surface area contributed by atoms with E-state index in [-0.39, 0.29) is 16.7 Å². The Bertz CT molecular complexity index is 1210. The Balaban J connectivity index is 1.11. The van der Waals surface area contributed by atoms with Crippen LogP contribution in [0.3, 0.4) is 0 Å². The van der Waals surface area contributed by atoms with E-state index in [1.165, 1.54) is 21.2 Å². The summed E-state index contributed by atoms with van der Waals surface area (Å²) in [6, 6.07) is 15.2. The van der Waals surface area contributed by atoms with Crippen molar-refractivity contribution < 1.29 is 4.79 Å². The highest BCUT2D eigenvalue weighted by Crippen LogP contribution is 2.69. The number of benzene rings is 2. The van der Waals surface area contributed by atoms with Gasteiger partial charge in [0, 0.05) is 50.8 Å². The molecule has 0 N–H and O–H groups in total. The van der Waals surface area contributed by atoms with E-state index in [2.05, 4.69) is 66.1 Å². The number of fused-ring (bicyclic) bond motifs is 3.